The second kappa shape index (κ2) is 5.01. The number of aromatic amines is 1. The van der Waals surface area contributed by atoms with Crippen LogP contribution in [0.4, 0.5) is 0 Å². The molecule has 0 saturated carbocycles. The third-order valence-electron chi connectivity index (χ3n) is 2.86. The van der Waals surface area contributed by atoms with E-state index in [4.69, 9.17) is 0 Å². The standard InChI is InChI=1S/C11H17N3OS/c1-3-5-14-6-4-9-8(7-14)10(15)13-11(12-9)16-2/h3-7H2,1-2H3,(H,12,13,15). The second-order valence-corrected chi connectivity index (χ2v) is 4.82. The Morgan fingerprint density at radius 2 is 2.38 bits per heavy atom. The number of nitrogens with zero attached hydrogens (tertiary/aromatic N) is 2. The number of H-pyrrole nitrogens is 1. The van der Waals surface area contributed by atoms with Gasteiger partial charge in [-0.3, -0.25) is 9.69 Å². The van der Waals surface area contributed by atoms with Crippen molar-refractivity contribution in [3.8, 4) is 0 Å². The van der Waals surface area contributed by atoms with Gasteiger partial charge in [-0.05, 0) is 19.2 Å². The first kappa shape index (κ1) is 11.7. The van der Waals surface area contributed by atoms with Crippen LogP contribution < -0.4 is 5.56 Å². The Morgan fingerprint density at radius 3 is 3.06 bits per heavy atom. The van der Waals surface area contributed by atoms with Crippen LogP contribution in [0.2, 0.25) is 0 Å². The predicted molar refractivity (Wildman–Crippen MR) is 65.9 cm³/mol. The van der Waals surface area contributed by atoms with Crippen LogP contribution in [0.3, 0.4) is 0 Å². The van der Waals surface area contributed by atoms with E-state index in [1.165, 1.54) is 11.8 Å². The average Bonchev–Trinajstić information content (AvgIpc) is 2.30. The lowest BCUT2D eigenvalue weighted by Gasteiger charge is -2.26. The molecule has 1 aliphatic rings. The first-order valence-corrected chi connectivity index (χ1v) is 6.85. The lowest BCUT2D eigenvalue weighted by molar-refractivity contribution is 0.250. The number of hydrogen-bond acceptors (Lipinski definition) is 4. The van der Waals surface area contributed by atoms with Gasteiger partial charge in [-0.2, -0.15) is 0 Å². The largest absolute Gasteiger partial charge is 0.301 e. The first-order chi connectivity index (χ1) is 7.74. The third-order valence-corrected chi connectivity index (χ3v) is 3.44. The Morgan fingerprint density at radius 1 is 1.56 bits per heavy atom. The minimum Gasteiger partial charge on any atom is -0.301 e. The van der Waals surface area contributed by atoms with E-state index in [-0.39, 0.29) is 5.56 Å². The fraction of sp³-hybridized carbons (Fsp3) is 0.636. The van der Waals surface area contributed by atoms with Gasteiger partial charge in [0.2, 0.25) is 0 Å². The van der Waals surface area contributed by atoms with E-state index in [2.05, 4.69) is 21.8 Å². The Kier molecular flexibility index (Phi) is 3.66. The van der Waals surface area contributed by atoms with Crippen LogP contribution in [0, 0.1) is 0 Å². The van der Waals surface area contributed by atoms with E-state index in [1.807, 2.05) is 6.26 Å². The maximum Gasteiger partial charge on any atom is 0.256 e. The van der Waals surface area contributed by atoms with E-state index in [0.29, 0.717) is 0 Å². The Hall–Kier alpha value is -0.810. The zero-order valence-corrected chi connectivity index (χ0v) is 10.6. The highest BCUT2D eigenvalue weighted by Gasteiger charge is 2.20. The molecule has 1 aliphatic heterocycles. The summed E-state index contributed by atoms with van der Waals surface area (Å²) in [5.41, 5.74) is 1.88. The van der Waals surface area contributed by atoms with Crippen molar-refractivity contribution in [2.45, 2.75) is 31.5 Å². The highest BCUT2D eigenvalue weighted by Crippen LogP contribution is 2.16. The van der Waals surface area contributed by atoms with Crippen molar-refractivity contribution in [2.75, 3.05) is 19.3 Å². The molecule has 16 heavy (non-hydrogen) atoms. The zero-order valence-electron chi connectivity index (χ0n) is 9.75. The molecule has 2 heterocycles. The maximum atomic E-state index is 11.9. The summed E-state index contributed by atoms with van der Waals surface area (Å²) in [4.78, 5) is 21.5. The predicted octanol–water partition coefficient (Wildman–Crippen LogP) is 1.26. The Labute approximate surface area is 99.5 Å². The fourth-order valence-corrected chi connectivity index (χ4v) is 2.46. The molecule has 0 amide bonds. The van der Waals surface area contributed by atoms with Crippen molar-refractivity contribution >= 4 is 11.8 Å². The van der Waals surface area contributed by atoms with Gasteiger partial charge in [-0.1, -0.05) is 18.7 Å². The molecule has 4 nitrogen and oxygen atoms in total. The Bertz CT molecular complexity index is 430. The van der Waals surface area contributed by atoms with Gasteiger partial charge in [-0.25, -0.2) is 4.98 Å². The molecule has 0 bridgehead atoms. The molecule has 5 heteroatoms. The monoisotopic (exact) mass is 239 g/mol. The van der Waals surface area contributed by atoms with Crippen LogP contribution in [0.5, 0.6) is 0 Å². The normalized spacial score (nSPS) is 16.1. The molecule has 0 unspecified atom stereocenters. The summed E-state index contributed by atoms with van der Waals surface area (Å²) in [6, 6.07) is 0. The molecule has 0 radical (unpaired) electrons. The van der Waals surface area contributed by atoms with Gasteiger partial charge in [0.1, 0.15) is 0 Å². The van der Waals surface area contributed by atoms with Crippen LogP contribution in [-0.4, -0.2) is 34.2 Å². The van der Waals surface area contributed by atoms with Crippen LogP contribution in [0.15, 0.2) is 9.95 Å². The molecular weight excluding hydrogens is 222 g/mol. The van der Waals surface area contributed by atoms with Gasteiger partial charge in [0.05, 0.1) is 11.3 Å². The molecule has 1 aromatic rings. The molecule has 88 valence electrons. The van der Waals surface area contributed by atoms with Gasteiger partial charge in [0.15, 0.2) is 5.16 Å². The van der Waals surface area contributed by atoms with Gasteiger partial charge in [-0.15, -0.1) is 0 Å². The number of rotatable bonds is 3. The van der Waals surface area contributed by atoms with Gasteiger partial charge < -0.3 is 4.98 Å². The number of nitrogens with one attached hydrogen (secondary N) is 1. The van der Waals surface area contributed by atoms with Gasteiger partial charge in [0, 0.05) is 19.5 Å². The minimum atomic E-state index is 0.0372. The molecule has 0 saturated heterocycles. The summed E-state index contributed by atoms with van der Waals surface area (Å²) >= 11 is 1.49. The van der Waals surface area contributed by atoms with Crippen LogP contribution in [0.1, 0.15) is 24.6 Å². The molecule has 1 aromatic heterocycles. The lowest BCUT2D eigenvalue weighted by atomic mass is 10.1. The topological polar surface area (TPSA) is 49.0 Å². The van der Waals surface area contributed by atoms with Crippen molar-refractivity contribution < 1.29 is 0 Å². The lowest BCUT2D eigenvalue weighted by Crippen LogP contribution is -2.36. The zero-order chi connectivity index (χ0) is 11.5. The molecule has 0 aromatic carbocycles. The van der Waals surface area contributed by atoms with Crippen LogP contribution in [-0.2, 0) is 13.0 Å². The number of fused-ring (bicyclic) bond motifs is 1. The summed E-state index contributed by atoms with van der Waals surface area (Å²) in [6.45, 7) is 4.99. The average molecular weight is 239 g/mol. The number of hydrogen-bond donors (Lipinski definition) is 1. The SMILES string of the molecule is CCCN1CCc2nc(SC)[nH]c(=O)c2C1. The van der Waals surface area contributed by atoms with E-state index in [9.17, 15) is 4.79 Å². The molecule has 2 rings (SSSR count). The van der Waals surface area contributed by atoms with Crippen molar-refractivity contribution in [3.63, 3.8) is 0 Å². The van der Waals surface area contributed by atoms with Crippen molar-refractivity contribution in [1.29, 1.82) is 0 Å². The Balaban J connectivity index is 2.29. The van der Waals surface area contributed by atoms with Crippen LogP contribution >= 0.6 is 11.8 Å². The quantitative estimate of drug-likeness (QED) is 0.637. The van der Waals surface area contributed by atoms with Crippen molar-refractivity contribution in [1.82, 2.24) is 14.9 Å². The fourth-order valence-electron chi connectivity index (χ4n) is 2.06. The summed E-state index contributed by atoms with van der Waals surface area (Å²) in [5.74, 6) is 0. The second-order valence-electron chi connectivity index (χ2n) is 4.03. The van der Waals surface area contributed by atoms with Crippen LogP contribution in [0.25, 0.3) is 0 Å². The highest BCUT2D eigenvalue weighted by molar-refractivity contribution is 7.98. The van der Waals surface area contributed by atoms with Gasteiger partial charge in [0.25, 0.3) is 5.56 Å². The highest BCUT2D eigenvalue weighted by atomic mass is 32.2. The minimum absolute atomic E-state index is 0.0372. The summed E-state index contributed by atoms with van der Waals surface area (Å²) in [6.07, 6.45) is 3.95. The molecule has 0 aliphatic carbocycles. The van der Waals surface area contributed by atoms with Crippen molar-refractivity contribution in [2.24, 2.45) is 0 Å². The van der Waals surface area contributed by atoms with E-state index in [0.717, 1.165) is 48.9 Å². The summed E-state index contributed by atoms with van der Waals surface area (Å²) in [5, 5.41) is 0.729. The smallest absolute Gasteiger partial charge is 0.256 e. The number of thioether (sulfide) groups is 1. The molecule has 0 spiro atoms. The molecule has 1 N–H and O–H groups in total. The molecular formula is C11H17N3OS. The van der Waals surface area contributed by atoms with E-state index >= 15 is 0 Å². The summed E-state index contributed by atoms with van der Waals surface area (Å²) in [7, 11) is 0. The van der Waals surface area contributed by atoms with E-state index in [1.54, 1.807) is 0 Å². The van der Waals surface area contributed by atoms with E-state index < -0.39 is 0 Å². The van der Waals surface area contributed by atoms with Crippen molar-refractivity contribution in [3.05, 3.63) is 21.6 Å². The summed E-state index contributed by atoms with van der Waals surface area (Å²) < 4.78 is 0. The maximum absolute atomic E-state index is 11.9. The van der Waals surface area contributed by atoms with Gasteiger partial charge >= 0.3 is 0 Å². The number of aromatic nitrogens is 2. The first-order valence-electron chi connectivity index (χ1n) is 5.63. The molecule has 0 fully saturated rings. The third kappa shape index (κ3) is 2.30. The molecule has 0 atom stereocenters.